The average molecular weight is 633 g/mol. The second-order valence-electron chi connectivity index (χ2n) is 9.54. The Morgan fingerprint density at radius 2 is 1.11 bits per heavy atom. The molecule has 0 spiro atoms. The Bertz CT molecular complexity index is 1220. The van der Waals surface area contributed by atoms with Crippen molar-refractivity contribution in [2.45, 2.75) is 50.0 Å². The molecule has 0 saturated carbocycles. The first-order valence-electron chi connectivity index (χ1n) is 13.5. The molecular weight excluding hydrogens is 596 g/mol. The zero-order valence-corrected chi connectivity index (χ0v) is 25.0. The predicted octanol–water partition coefficient (Wildman–Crippen LogP) is 4.08. The normalized spacial score (nSPS) is 20.6. The highest BCUT2D eigenvalue weighted by Gasteiger charge is 2.58. The van der Waals surface area contributed by atoms with Gasteiger partial charge in [0.15, 0.2) is 18.3 Å². The summed E-state index contributed by atoms with van der Waals surface area (Å²) in [5, 5.41) is 0. The summed E-state index contributed by atoms with van der Waals surface area (Å²) in [6.07, 6.45) is -8.74. The molecule has 1 aromatic carbocycles. The van der Waals surface area contributed by atoms with E-state index in [-0.39, 0.29) is 26.4 Å². The van der Waals surface area contributed by atoms with Gasteiger partial charge in [0.2, 0.25) is 12.4 Å². The summed E-state index contributed by atoms with van der Waals surface area (Å²) in [6.45, 7) is 15.7. The first kappa shape index (κ1) is 36.1. The molecule has 0 aromatic heterocycles. The molecule has 0 aliphatic carbocycles. The standard InChI is InChI=1S/C31H36O14/c1-7-16-37-25(32)23-21(42-28(34)38-17-8-2)22(43-29(35)39-18-9-3)24(44-30(36)40-19-10-4)26(41-23)45-27(33)31(5,6)20-14-12-11-13-15-20/h7-15,21-24,26H,1-4,16-19H2,5-6H3/t21-,22-,23-,24+,26-/m0/s1. The van der Waals surface area contributed by atoms with Crippen molar-refractivity contribution in [2.75, 3.05) is 26.4 Å². The summed E-state index contributed by atoms with van der Waals surface area (Å²) < 4.78 is 47.2. The number of benzene rings is 1. The first-order valence-corrected chi connectivity index (χ1v) is 13.5. The zero-order valence-electron chi connectivity index (χ0n) is 25.0. The van der Waals surface area contributed by atoms with Gasteiger partial charge in [-0.2, -0.15) is 0 Å². The lowest BCUT2D eigenvalue weighted by Gasteiger charge is -2.43. The molecule has 45 heavy (non-hydrogen) atoms. The Balaban J connectivity index is 2.63. The number of hydrogen-bond donors (Lipinski definition) is 0. The maximum absolute atomic E-state index is 13.6. The van der Waals surface area contributed by atoms with Crippen molar-refractivity contribution in [1.82, 2.24) is 0 Å². The van der Waals surface area contributed by atoms with Crippen LogP contribution in [0.2, 0.25) is 0 Å². The van der Waals surface area contributed by atoms with Crippen LogP contribution in [-0.4, -0.2) is 87.5 Å². The van der Waals surface area contributed by atoms with Gasteiger partial charge in [-0.1, -0.05) is 81.0 Å². The van der Waals surface area contributed by atoms with Crippen molar-refractivity contribution in [1.29, 1.82) is 0 Å². The van der Waals surface area contributed by atoms with Crippen LogP contribution in [0, 0.1) is 0 Å². The van der Waals surface area contributed by atoms with Crippen LogP contribution in [-0.2, 0) is 57.6 Å². The van der Waals surface area contributed by atoms with E-state index in [1.807, 2.05) is 0 Å². The molecule has 1 heterocycles. The van der Waals surface area contributed by atoms with Gasteiger partial charge >= 0.3 is 30.4 Å². The molecule has 2 rings (SSSR count). The number of ether oxygens (including phenoxy) is 9. The fourth-order valence-corrected chi connectivity index (χ4v) is 3.75. The molecular formula is C31H36O14. The predicted molar refractivity (Wildman–Crippen MR) is 155 cm³/mol. The maximum Gasteiger partial charge on any atom is 0.509 e. The molecule has 5 atom stereocenters. The number of rotatable bonds is 15. The van der Waals surface area contributed by atoms with E-state index in [1.54, 1.807) is 44.2 Å². The van der Waals surface area contributed by atoms with E-state index >= 15 is 0 Å². The Labute approximate surface area is 260 Å². The molecule has 14 nitrogen and oxygen atoms in total. The molecule has 0 unspecified atom stereocenters. The van der Waals surface area contributed by atoms with Gasteiger partial charge in [-0.3, -0.25) is 4.79 Å². The van der Waals surface area contributed by atoms with Crippen LogP contribution in [0.5, 0.6) is 0 Å². The second-order valence-corrected chi connectivity index (χ2v) is 9.54. The van der Waals surface area contributed by atoms with E-state index in [4.69, 9.17) is 42.6 Å². The van der Waals surface area contributed by atoms with Gasteiger partial charge in [-0.25, -0.2) is 19.2 Å². The summed E-state index contributed by atoms with van der Waals surface area (Å²) in [7, 11) is 0. The van der Waals surface area contributed by atoms with Crippen LogP contribution in [0.1, 0.15) is 19.4 Å². The molecule has 0 radical (unpaired) electrons. The van der Waals surface area contributed by atoms with Gasteiger partial charge in [0.1, 0.15) is 26.4 Å². The lowest BCUT2D eigenvalue weighted by atomic mass is 9.85. The Morgan fingerprint density at radius 3 is 1.60 bits per heavy atom. The van der Waals surface area contributed by atoms with Gasteiger partial charge in [0, 0.05) is 0 Å². The van der Waals surface area contributed by atoms with E-state index in [0.29, 0.717) is 5.56 Å². The van der Waals surface area contributed by atoms with Crippen LogP contribution in [0.3, 0.4) is 0 Å². The topological polar surface area (TPSA) is 168 Å². The summed E-state index contributed by atoms with van der Waals surface area (Å²) >= 11 is 0. The second kappa shape index (κ2) is 17.9. The summed E-state index contributed by atoms with van der Waals surface area (Å²) in [5.74, 6) is -2.05. The third-order valence-electron chi connectivity index (χ3n) is 5.95. The molecule has 0 bridgehead atoms. The van der Waals surface area contributed by atoms with Crippen LogP contribution < -0.4 is 0 Å². The maximum atomic E-state index is 13.6. The van der Waals surface area contributed by atoms with Gasteiger partial charge in [0.05, 0.1) is 5.41 Å². The summed E-state index contributed by atoms with van der Waals surface area (Å²) in [5.41, 5.74) is -0.763. The largest absolute Gasteiger partial charge is 0.509 e. The number of hydrogen-bond acceptors (Lipinski definition) is 14. The van der Waals surface area contributed by atoms with Crippen molar-refractivity contribution in [3.63, 3.8) is 0 Å². The quantitative estimate of drug-likeness (QED) is 0.154. The molecule has 14 heteroatoms. The number of carbonyl (C=O) groups excluding carboxylic acids is 5. The highest BCUT2D eigenvalue weighted by Crippen LogP contribution is 2.33. The molecule has 1 aliphatic heterocycles. The van der Waals surface area contributed by atoms with Crippen LogP contribution in [0.15, 0.2) is 81.0 Å². The van der Waals surface area contributed by atoms with Gasteiger partial charge in [-0.05, 0) is 19.4 Å². The Morgan fingerprint density at radius 1 is 0.667 bits per heavy atom. The van der Waals surface area contributed by atoms with Gasteiger partial charge < -0.3 is 42.6 Å². The summed E-state index contributed by atoms with van der Waals surface area (Å²) in [6, 6.07) is 8.53. The summed E-state index contributed by atoms with van der Waals surface area (Å²) in [4.78, 5) is 64.6. The van der Waals surface area contributed by atoms with E-state index < -0.39 is 66.5 Å². The highest BCUT2D eigenvalue weighted by molar-refractivity contribution is 5.82. The highest BCUT2D eigenvalue weighted by atomic mass is 16.8. The van der Waals surface area contributed by atoms with Crippen molar-refractivity contribution in [3.05, 3.63) is 86.5 Å². The van der Waals surface area contributed by atoms with Crippen LogP contribution in [0.25, 0.3) is 0 Å². The average Bonchev–Trinajstić information content (AvgIpc) is 3.03. The fraction of sp³-hybridized carbons (Fsp3) is 0.387. The van der Waals surface area contributed by atoms with Crippen molar-refractivity contribution >= 4 is 30.4 Å². The third kappa shape index (κ3) is 10.5. The molecule has 1 aliphatic rings. The lowest BCUT2D eigenvalue weighted by Crippen LogP contribution is -2.64. The van der Waals surface area contributed by atoms with Crippen molar-refractivity contribution in [3.8, 4) is 0 Å². The molecule has 1 fully saturated rings. The first-order chi connectivity index (χ1) is 21.5. The lowest BCUT2D eigenvalue weighted by molar-refractivity contribution is -0.291. The van der Waals surface area contributed by atoms with E-state index in [0.717, 1.165) is 0 Å². The van der Waals surface area contributed by atoms with E-state index in [9.17, 15) is 24.0 Å². The monoisotopic (exact) mass is 632 g/mol. The molecule has 0 N–H and O–H groups in total. The zero-order chi connectivity index (χ0) is 33.4. The number of esters is 2. The SMILES string of the molecule is C=CCOC(=O)O[C@@H]1[C@@H](OC(=O)OCC=C)[C@H](OC(=O)C(C)(C)c2ccccc2)O[C@H](C(=O)OCC=C)[C@H]1OC(=O)OCC=C. The van der Waals surface area contributed by atoms with Crippen LogP contribution in [0.4, 0.5) is 14.4 Å². The molecule has 0 amide bonds. The molecule has 1 aromatic rings. The van der Waals surface area contributed by atoms with Crippen LogP contribution >= 0.6 is 0 Å². The minimum absolute atomic E-state index is 0.297. The minimum Gasteiger partial charge on any atom is -0.459 e. The van der Waals surface area contributed by atoms with Gasteiger partial charge in [-0.15, -0.1) is 0 Å². The Kier molecular flexibility index (Phi) is 14.3. The minimum atomic E-state index is -1.96. The van der Waals surface area contributed by atoms with E-state index in [2.05, 4.69) is 26.3 Å². The van der Waals surface area contributed by atoms with Crippen molar-refractivity contribution < 1.29 is 66.6 Å². The Hall–Kier alpha value is -5.11. The van der Waals surface area contributed by atoms with Crippen molar-refractivity contribution in [2.24, 2.45) is 0 Å². The molecule has 1 saturated heterocycles. The third-order valence-corrected chi connectivity index (χ3v) is 5.95. The number of carbonyl (C=O) groups is 5. The smallest absolute Gasteiger partial charge is 0.459 e. The van der Waals surface area contributed by atoms with E-state index in [1.165, 1.54) is 24.3 Å². The fourth-order valence-electron chi connectivity index (χ4n) is 3.75. The van der Waals surface area contributed by atoms with Gasteiger partial charge in [0.25, 0.3) is 0 Å². The molecule has 244 valence electrons.